The van der Waals surface area contributed by atoms with E-state index >= 15 is 0 Å². The van der Waals surface area contributed by atoms with E-state index in [9.17, 15) is 0 Å². The van der Waals surface area contributed by atoms with Gasteiger partial charge >= 0.3 is 22.4 Å². The van der Waals surface area contributed by atoms with Gasteiger partial charge in [-0.05, 0) is 0 Å². The molecule has 4 heavy (non-hydrogen) atoms. The molecule has 0 N–H and O–H groups in total. The molecule has 0 aliphatic rings. The zero-order valence-electron chi connectivity index (χ0n) is 2.25. The maximum atomic E-state index is 6.25. The fourth-order valence-electron chi connectivity index (χ4n) is 0. The zero-order valence-corrected chi connectivity index (χ0v) is 6.85. The SMILES string of the molecule is [Ag+].[C-]#N.[K]. The first kappa shape index (κ1) is 16.9. The van der Waals surface area contributed by atoms with Crippen molar-refractivity contribution in [3.05, 3.63) is 6.57 Å². The molecule has 0 aromatic carbocycles. The predicted octanol–water partition coefficient (Wildman–Crippen LogP) is -0.287. The van der Waals surface area contributed by atoms with Crippen LogP contribution in [0.1, 0.15) is 0 Å². The standard InChI is InChI=1S/CN.Ag.K/c1-2;;/q-1;+1;. The van der Waals surface area contributed by atoms with Gasteiger partial charge in [0.05, 0.1) is 0 Å². The van der Waals surface area contributed by atoms with Gasteiger partial charge in [0.1, 0.15) is 0 Å². The van der Waals surface area contributed by atoms with Crippen molar-refractivity contribution < 1.29 is 22.4 Å². The Morgan fingerprint density at radius 2 is 1.25 bits per heavy atom. The van der Waals surface area contributed by atoms with Crippen LogP contribution in [0.5, 0.6) is 0 Å². The molecule has 0 aliphatic carbocycles. The van der Waals surface area contributed by atoms with Gasteiger partial charge in [-0.15, -0.1) is 0 Å². The second-order valence-corrected chi connectivity index (χ2v) is 0. The summed E-state index contributed by atoms with van der Waals surface area (Å²) < 4.78 is 0. The van der Waals surface area contributed by atoms with Gasteiger partial charge in [-0.1, -0.05) is 0 Å². The summed E-state index contributed by atoms with van der Waals surface area (Å²) in [5, 5.41) is 6.25. The zero-order chi connectivity index (χ0) is 2.00. The van der Waals surface area contributed by atoms with E-state index in [1.54, 1.807) is 0 Å². The Kier molecular flexibility index (Phi) is 88.3. The van der Waals surface area contributed by atoms with Crippen LogP contribution < -0.4 is 0 Å². The van der Waals surface area contributed by atoms with E-state index in [1.165, 1.54) is 0 Å². The van der Waals surface area contributed by atoms with Crippen LogP contribution in [0.2, 0.25) is 0 Å². The number of rotatable bonds is 0. The Labute approximate surface area is 83.7 Å². The first-order chi connectivity index (χ1) is 1.00. The summed E-state index contributed by atoms with van der Waals surface area (Å²) in [5.74, 6) is 0. The third-order valence-electron chi connectivity index (χ3n) is 0. The van der Waals surface area contributed by atoms with Crippen molar-refractivity contribution in [2.45, 2.75) is 0 Å². The minimum atomic E-state index is 0. The van der Waals surface area contributed by atoms with Crippen LogP contribution >= 0.6 is 0 Å². The second-order valence-electron chi connectivity index (χ2n) is 0. The average Bonchev–Trinajstić information content (AvgIpc) is 1.00. The number of hydrogen-bond acceptors (Lipinski definition) is 1. The van der Waals surface area contributed by atoms with E-state index in [1.807, 2.05) is 0 Å². The largest absolute Gasteiger partial charge is 1.00 e. The predicted molar refractivity (Wildman–Crippen MR) is 10.7 cm³/mol. The van der Waals surface area contributed by atoms with E-state index in [0.717, 1.165) is 0 Å². The molecule has 0 aromatic rings. The van der Waals surface area contributed by atoms with Gasteiger partial charge < -0.3 is 11.8 Å². The molecule has 0 fully saturated rings. The van der Waals surface area contributed by atoms with Gasteiger partial charge in [0.15, 0.2) is 0 Å². The molecular weight excluding hydrogens is 173 g/mol. The number of nitrogens with zero attached hydrogens (tertiary/aromatic N) is 1. The molecule has 0 atom stereocenters. The first-order valence-electron chi connectivity index (χ1n) is 0.224. The van der Waals surface area contributed by atoms with Crippen LogP contribution in [0.4, 0.5) is 0 Å². The molecule has 0 rings (SSSR count). The van der Waals surface area contributed by atoms with E-state index in [4.69, 9.17) is 11.8 Å². The van der Waals surface area contributed by atoms with Gasteiger partial charge in [-0.3, -0.25) is 0 Å². The Balaban J connectivity index is -0.00000000500. The van der Waals surface area contributed by atoms with Gasteiger partial charge in [0.2, 0.25) is 0 Å². The molecule has 0 saturated carbocycles. The topological polar surface area (TPSA) is 23.8 Å². The van der Waals surface area contributed by atoms with Crippen LogP contribution in [-0.4, -0.2) is 51.4 Å². The van der Waals surface area contributed by atoms with Crippen molar-refractivity contribution in [2.24, 2.45) is 0 Å². The normalized spacial score (nSPS) is 0.500. The molecule has 0 aliphatic heterocycles. The van der Waals surface area contributed by atoms with Crippen molar-refractivity contribution in [1.82, 2.24) is 0 Å². The van der Waals surface area contributed by atoms with Crippen LogP contribution in [0, 0.1) is 11.8 Å². The van der Waals surface area contributed by atoms with Crippen molar-refractivity contribution >= 4 is 51.4 Å². The summed E-state index contributed by atoms with van der Waals surface area (Å²) in [4.78, 5) is 0. The van der Waals surface area contributed by atoms with Crippen LogP contribution in [0.3, 0.4) is 0 Å². The van der Waals surface area contributed by atoms with Gasteiger partial charge in [-0.2, -0.15) is 0 Å². The van der Waals surface area contributed by atoms with Gasteiger partial charge in [-0.25, -0.2) is 0 Å². The van der Waals surface area contributed by atoms with E-state index < -0.39 is 0 Å². The van der Waals surface area contributed by atoms with Crippen molar-refractivity contribution in [3.8, 4) is 0 Å². The molecule has 0 aromatic heterocycles. The molecule has 0 heterocycles. The van der Waals surface area contributed by atoms with E-state index in [0.29, 0.717) is 0 Å². The fourth-order valence-corrected chi connectivity index (χ4v) is 0. The Bertz CT molecular complexity index is 12.8. The Morgan fingerprint density at radius 3 is 1.25 bits per heavy atom. The molecule has 0 amide bonds. The number of hydrogen-bond donors (Lipinski definition) is 0. The molecular formula is CAgKN. The molecule has 0 bridgehead atoms. The minimum Gasteiger partial charge on any atom is -0.512 e. The molecule has 1 nitrogen and oxygen atoms in total. The van der Waals surface area contributed by atoms with E-state index in [-0.39, 0.29) is 73.8 Å². The smallest absolute Gasteiger partial charge is 0.512 e. The molecule has 0 spiro atoms. The van der Waals surface area contributed by atoms with E-state index in [2.05, 4.69) is 0 Å². The molecule has 3 heteroatoms. The molecule has 1 radical (unpaired) electrons. The molecule has 21 valence electrons. The van der Waals surface area contributed by atoms with Crippen molar-refractivity contribution in [2.75, 3.05) is 0 Å². The Hall–Kier alpha value is 1.87. The summed E-state index contributed by atoms with van der Waals surface area (Å²) >= 11 is 0. The molecule has 0 saturated heterocycles. The van der Waals surface area contributed by atoms with Gasteiger partial charge in [0.25, 0.3) is 0 Å². The third-order valence-corrected chi connectivity index (χ3v) is 0. The maximum absolute atomic E-state index is 6.25. The summed E-state index contributed by atoms with van der Waals surface area (Å²) in [6, 6.07) is 0. The summed E-state index contributed by atoms with van der Waals surface area (Å²) in [6.07, 6.45) is 0. The van der Waals surface area contributed by atoms with Gasteiger partial charge in [0, 0.05) is 51.4 Å². The first-order valence-corrected chi connectivity index (χ1v) is 0.224. The van der Waals surface area contributed by atoms with Crippen molar-refractivity contribution in [1.29, 1.82) is 5.26 Å². The Morgan fingerprint density at radius 1 is 1.25 bits per heavy atom. The average molecular weight is 173 g/mol. The summed E-state index contributed by atoms with van der Waals surface area (Å²) in [7, 11) is 0. The fraction of sp³-hybridized carbons (Fsp3) is 0. The monoisotopic (exact) mass is 172 g/mol. The summed E-state index contributed by atoms with van der Waals surface area (Å²) in [6.45, 7) is 4.75. The summed E-state index contributed by atoms with van der Waals surface area (Å²) in [5.41, 5.74) is 0. The quantitative estimate of drug-likeness (QED) is 0.364. The van der Waals surface area contributed by atoms with Crippen LogP contribution in [-0.2, 0) is 22.4 Å². The molecule has 0 unspecified atom stereocenters. The third kappa shape index (κ3) is 9.12. The van der Waals surface area contributed by atoms with Crippen LogP contribution in [0.15, 0.2) is 0 Å². The minimum absolute atomic E-state index is 0. The second kappa shape index (κ2) is 20.9. The maximum Gasteiger partial charge on any atom is 1.00 e. The van der Waals surface area contributed by atoms with Crippen LogP contribution in [0.25, 0.3) is 0 Å². The van der Waals surface area contributed by atoms with Crippen molar-refractivity contribution in [3.63, 3.8) is 0 Å².